The number of hydrogen-bond donors (Lipinski definition) is 3. The molecule has 1 atom stereocenters. The van der Waals surface area contributed by atoms with Crippen LogP contribution in [0.3, 0.4) is 0 Å². The van der Waals surface area contributed by atoms with E-state index in [2.05, 4.69) is 20.9 Å². The summed E-state index contributed by atoms with van der Waals surface area (Å²) < 4.78 is 39.8. The molecule has 0 bridgehead atoms. The maximum atomic E-state index is 14.7. The average molecular weight is 575 g/mol. The molecule has 0 radical (unpaired) electrons. The molecule has 0 fully saturated rings. The number of nitrogens with zero attached hydrogens (tertiary/aromatic N) is 1. The van der Waals surface area contributed by atoms with E-state index in [4.69, 9.17) is 32.7 Å². The Hall–Kier alpha value is -2.89. The van der Waals surface area contributed by atoms with Crippen LogP contribution in [0.25, 0.3) is 10.2 Å². The van der Waals surface area contributed by atoms with Gasteiger partial charge in [0.15, 0.2) is 16.7 Å². The van der Waals surface area contributed by atoms with Gasteiger partial charge >= 0.3 is 12.1 Å². The Morgan fingerprint density at radius 2 is 1.89 bits per heavy atom. The fourth-order valence-electron chi connectivity index (χ4n) is 3.16. The molecule has 3 rings (SSSR count). The zero-order chi connectivity index (χ0) is 27.3. The van der Waals surface area contributed by atoms with Crippen LogP contribution < -0.4 is 20.7 Å². The van der Waals surface area contributed by atoms with E-state index in [0.717, 1.165) is 17.4 Å². The van der Waals surface area contributed by atoms with Crippen LogP contribution in [-0.2, 0) is 4.74 Å². The average Bonchev–Trinajstić information content (AvgIpc) is 3.16. The number of benzene rings is 2. The van der Waals surface area contributed by atoms with Crippen molar-refractivity contribution in [2.24, 2.45) is 0 Å². The summed E-state index contributed by atoms with van der Waals surface area (Å²) in [6.07, 6.45) is -0.963. The van der Waals surface area contributed by atoms with E-state index < -0.39 is 35.4 Å². The molecular formula is C24H26Cl2F2N4O4S. The predicted molar refractivity (Wildman–Crippen MR) is 141 cm³/mol. The van der Waals surface area contributed by atoms with Crippen LogP contribution in [0.5, 0.6) is 5.75 Å². The molecule has 37 heavy (non-hydrogen) atoms. The van der Waals surface area contributed by atoms with Crippen molar-refractivity contribution in [3.8, 4) is 5.75 Å². The molecule has 3 aromatic rings. The Labute approximate surface area is 226 Å². The van der Waals surface area contributed by atoms with E-state index in [0.29, 0.717) is 16.6 Å². The number of halogens is 4. The molecule has 0 saturated heterocycles. The van der Waals surface area contributed by atoms with Crippen LogP contribution in [0.15, 0.2) is 24.3 Å². The quantitative estimate of drug-likeness (QED) is 0.197. The number of aromatic nitrogens is 1. The molecule has 8 nitrogen and oxygen atoms in total. The van der Waals surface area contributed by atoms with Crippen molar-refractivity contribution >= 4 is 62.0 Å². The summed E-state index contributed by atoms with van der Waals surface area (Å²) >= 11 is 13.3. The number of alkyl carbamates (subject to hydrolysis) is 1. The molecule has 0 spiro atoms. The minimum absolute atomic E-state index is 0.105. The third-order valence-corrected chi connectivity index (χ3v) is 6.42. The number of carbonyl (C=O) groups excluding carboxylic acids is 2. The largest absolute Gasteiger partial charge is 0.483 e. The first-order valence-corrected chi connectivity index (χ1v) is 12.8. The number of urea groups is 1. The predicted octanol–water partition coefficient (Wildman–Crippen LogP) is 7.06. The summed E-state index contributed by atoms with van der Waals surface area (Å²) in [6, 6.07) is 4.57. The number of anilines is 1. The molecule has 3 N–H and O–H groups in total. The van der Waals surface area contributed by atoms with E-state index >= 15 is 0 Å². The molecule has 0 aliphatic heterocycles. The highest BCUT2D eigenvalue weighted by atomic mass is 35.5. The third-order valence-electron chi connectivity index (χ3n) is 4.77. The van der Waals surface area contributed by atoms with Crippen molar-refractivity contribution in [2.75, 3.05) is 18.5 Å². The lowest BCUT2D eigenvalue weighted by molar-refractivity contribution is 0.136. The smallest absolute Gasteiger partial charge is 0.407 e. The summed E-state index contributed by atoms with van der Waals surface area (Å²) in [5.41, 5.74) is 0.118. The summed E-state index contributed by atoms with van der Waals surface area (Å²) in [4.78, 5) is 28.0. The number of rotatable bonds is 8. The van der Waals surface area contributed by atoms with Gasteiger partial charge in [0.2, 0.25) is 0 Å². The van der Waals surface area contributed by atoms with Crippen LogP contribution in [-0.4, -0.2) is 35.8 Å². The molecule has 200 valence electrons. The fraction of sp³-hybridized carbons (Fsp3) is 0.375. The Balaban J connectivity index is 1.56. The number of carbonyl (C=O) groups is 2. The SMILES string of the molecule is CC(Oc1cc2sc(NC(=O)NCCCOC(=O)NC(C)(C)C)nc2cc1F)c1c(Cl)ccc(F)c1Cl. The first kappa shape index (κ1) is 28.7. The highest BCUT2D eigenvalue weighted by Gasteiger charge is 2.21. The second kappa shape index (κ2) is 12.1. The van der Waals surface area contributed by atoms with Gasteiger partial charge in [-0.1, -0.05) is 34.5 Å². The number of ether oxygens (including phenoxy) is 2. The van der Waals surface area contributed by atoms with E-state index in [9.17, 15) is 18.4 Å². The molecule has 1 heterocycles. The Kier molecular flexibility index (Phi) is 9.38. The van der Waals surface area contributed by atoms with Gasteiger partial charge in [0.1, 0.15) is 11.9 Å². The van der Waals surface area contributed by atoms with Gasteiger partial charge in [-0.2, -0.15) is 0 Å². The van der Waals surface area contributed by atoms with Crippen LogP contribution in [0.4, 0.5) is 23.5 Å². The molecule has 2 aromatic carbocycles. The monoisotopic (exact) mass is 574 g/mol. The summed E-state index contributed by atoms with van der Waals surface area (Å²) in [5, 5.41) is 8.12. The van der Waals surface area contributed by atoms with Crippen LogP contribution >= 0.6 is 34.5 Å². The van der Waals surface area contributed by atoms with E-state index in [1.54, 1.807) is 6.92 Å². The van der Waals surface area contributed by atoms with Gasteiger partial charge < -0.3 is 20.1 Å². The zero-order valence-corrected chi connectivity index (χ0v) is 22.8. The minimum atomic E-state index is -0.845. The third kappa shape index (κ3) is 8.05. The molecule has 1 unspecified atom stereocenters. The normalized spacial score (nSPS) is 12.2. The molecular weight excluding hydrogens is 549 g/mol. The lowest BCUT2D eigenvalue weighted by atomic mass is 10.1. The maximum Gasteiger partial charge on any atom is 0.407 e. The molecule has 0 saturated carbocycles. The van der Waals surface area contributed by atoms with Crippen LogP contribution in [0, 0.1) is 11.6 Å². The first-order chi connectivity index (χ1) is 17.3. The van der Waals surface area contributed by atoms with Gasteiger partial charge in [-0.05, 0) is 46.2 Å². The number of amides is 3. The highest BCUT2D eigenvalue weighted by molar-refractivity contribution is 7.22. The van der Waals surface area contributed by atoms with Gasteiger partial charge in [-0.15, -0.1) is 0 Å². The van der Waals surface area contributed by atoms with Crippen LogP contribution in [0.2, 0.25) is 10.0 Å². The van der Waals surface area contributed by atoms with Gasteiger partial charge in [-0.3, -0.25) is 5.32 Å². The lowest BCUT2D eigenvalue weighted by Crippen LogP contribution is -2.41. The summed E-state index contributed by atoms with van der Waals surface area (Å²) in [7, 11) is 0. The van der Waals surface area contributed by atoms with Crippen molar-refractivity contribution in [3.05, 3.63) is 51.5 Å². The zero-order valence-electron chi connectivity index (χ0n) is 20.5. The molecule has 13 heteroatoms. The van der Waals surface area contributed by atoms with Crippen LogP contribution in [0.1, 0.15) is 45.8 Å². The second-order valence-electron chi connectivity index (χ2n) is 9.03. The highest BCUT2D eigenvalue weighted by Crippen LogP contribution is 2.37. The van der Waals surface area contributed by atoms with Crippen molar-refractivity contribution in [1.82, 2.24) is 15.6 Å². The van der Waals surface area contributed by atoms with Crippen molar-refractivity contribution in [3.63, 3.8) is 0 Å². The van der Waals surface area contributed by atoms with Crippen molar-refractivity contribution < 1.29 is 27.8 Å². The summed E-state index contributed by atoms with van der Waals surface area (Å²) in [5.74, 6) is -1.46. The summed E-state index contributed by atoms with van der Waals surface area (Å²) in [6.45, 7) is 7.48. The van der Waals surface area contributed by atoms with E-state index in [1.165, 1.54) is 18.2 Å². The van der Waals surface area contributed by atoms with Crippen molar-refractivity contribution in [1.29, 1.82) is 0 Å². The molecule has 3 amide bonds. The molecule has 0 aliphatic rings. The minimum Gasteiger partial charge on any atom is -0.483 e. The standard InChI is InChI=1S/C24H26Cl2F2N4O4S/c1-12(19-13(25)6-7-14(27)20(19)26)36-17-11-18-16(10-15(17)28)30-22(37-18)31-21(33)29-8-5-9-35-23(34)32-24(2,3)4/h6-7,10-12H,5,8-9H2,1-4H3,(H,32,34)(H2,29,30,31,33). The van der Waals surface area contributed by atoms with Gasteiger partial charge in [0.05, 0.1) is 21.8 Å². The first-order valence-electron chi connectivity index (χ1n) is 11.2. The number of nitrogens with one attached hydrogen (secondary N) is 3. The van der Waals surface area contributed by atoms with Gasteiger partial charge in [0, 0.05) is 34.8 Å². The second-order valence-corrected chi connectivity index (χ2v) is 10.8. The number of hydrogen-bond acceptors (Lipinski definition) is 6. The fourth-order valence-corrected chi connectivity index (χ4v) is 4.71. The lowest BCUT2D eigenvalue weighted by Gasteiger charge is -2.19. The Morgan fingerprint density at radius 1 is 1.16 bits per heavy atom. The number of fused-ring (bicyclic) bond motifs is 1. The van der Waals surface area contributed by atoms with Crippen molar-refractivity contribution in [2.45, 2.75) is 45.8 Å². The van der Waals surface area contributed by atoms with Gasteiger partial charge in [0.25, 0.3) is 0 Å². The maximum absolute atomic E-state index is 14.7. The van der Waals surface area contributed by atoms with E-state index in [-0.39, 0.29) is 39.6 Å². The molecule has 0 aliphatic carbocycles. The number of thiazole rings is 1. The Bertz CT molecular complexity index is 1300. The molecule has 1 aromatic heterocycles. The van der Waals surface area contributed by atoms with E-state index in [1.807, 2.05) is 20.8 Å². The van der Waals surface area contributed by atoms with Gasteiger partial charge in [-0.25, -0.2) is 23.4 Å². The Morgan fingerprint density at radius 3 is 2.59 bits per heavy atom. The topological polar surface area (TPSA) is 102 Å².